The maximum absolute atomic E-state index is 11.9. The van der Waals surface area contributed by atoms with Gasteiger partial charge in [-0.05, 0) is 13.8 Å². The number of hydrogen-bond acceptors (Lipinski definition) is 7. The number of aromatic nitrogens is 5. The molecule has 2 heterocycles. The molecule has 20 heavy (non-hydrogen) atoms. The molecule has 0 saturated heterocycles. The normalized spacial score (nSPS) is 10.8. The maximum atomic E-state index is 11.9. The van der Waals surface area contributed by atoms with Crippen LogP contribution in [0.3, 0.4) is 0 Å². The summed E-state index contributed by atoms with van der Waals surface area (Å²) >= 11 is 1.16. The largest absolute Gasteiger partial charge is 0.383 e. The summed E-state index contributed by atoms with van der Waals surface area (Å²) in [6.45, 7) is 5.07. The lowest BCUT2D eigenvalue weighted by atomic mass is 10.3. The molecule has 0 spiro atoms. The van der Waals surface area contributed by atoms with Crippen molar-refractivity contribution in [1.29, 1.82) is 0 Å². The lowest BCUT2D eigenvalue weighted by molar-refractivity contribution is 0.0931. The minimum atomic E-state index is -0.251. The molecule has 2 aromatic heterocycles. The Morgan fingerprint density at radius 2 is 2.20 bits per heavy atom. The fourth-order valence-corrected chi connectivity index (χ4v) is 2.16. The van der Waals surface area contributed by atoms with Gasteiger partial charge in [0.25, 0.3) is 5.91 Å². The van der Waals surface area contributed by atoms with Crippen LogP contribution in [0, 0.1) is 13.8 Å². The Labute approximate surface area is 120 Å². The number of carbonyl (C=O) groups excluding carboxylic acids is 1. The third-order valence-electron chi connectivity index (χ3n) is 2.84. The number of methoxy groups -OCH3 is 1. The van der Waals surface area contributed by atoms with Crippen LogP contribution in [0.1, 0.15) is 27.6 Å². The number of nitrogens with one attached hydrogen (secondary N) is 1. The summed E-state index contributed by atoms with van der Waals surface area (Å²) in [5.41, 5.74) is 2.74. The smallest absolute Gasteiger partial charge is 0.273 e. The first kappa shape index (κ1) is 14.5. The molecule has 108 valence electrons. The predicted octanol–water partition coefficient (Wildman–Crippen LogP) is 0.171. The van der Waals surface area contributed by atoms with Gasteiger partial charge in [0.15, 0.2) is 5.69 Å². The van der Waals surface area contributed by atoms with E-state index in [1.165, 1.54) is 0 Å². The number of amides is 1. The van der Waals surface area contributed by atoms with E-state index in [2.05, 4.69) is 24.4 Å². The van der Waals surface area contributed by atoms with E-state index in [1.54, 1.807) is 18.7 Å². The molecule has 9 heteroatoms. The van der Waals surface area contributed by atoms with Crippen LogP contribution in [0.4, 0.5) is 0 Å². The van der Waals surface area contributed by atoms with Gasteiger partial charge in [-0.3, -0.25) is 4.79 Å². The van der Waals surface area contributed by atoms with E-state index in [1.807, 2.05) is 6.92 Å². The molecule has 0 saturated carbocycles. The molecular weight excluding hydrogens is 280 g/mol. The lowest BCUT2D eigenvalue weighted by Crippen LogP contribution is -2.28. The van der Waals surface area contributed by atoms with Crippen LogP contribution in [-0.4, -0.2) is 49.9 Å². The molecule has 1 N–H and O–H groups in total. The molecule has 0 fully saturated rings. The zero-order chi connectivity index (χ0) is 14.5. The van der Waals surface area contributed by atoms with Crippen LogP contribution in [0.25, 0.3) is 0 Å². The SMILES string of the molecule is COCCNC(=O)c1nnn(Cc2nsnc2C)c1C. The molecule has 2 rings (SSSR count). The number of nitrogens with zero attached hydrogens (tertiary/aromatic N) is 5. The molecule has 8 nitrogen and oxygen atoms in total. The van der Waals surface area contributed by atoms with Crippen molar-refractivity contribution in [3.63, 3.8) is 0 Å². The average molecular weight is 296 g/mol. The molecular formula is C11H16N6O2S. The van der Waals surface area contributed by atoms with E-state index < -0.39 is 0 Å². The highest BCUT2D eigenvalue weighted by molar-refractivity contribution is 6.99. The number of aryl methyl sites for hydroxylation is 1. The van der Waals surface area contributed by atoms with Gasteiger partial charge in [-0.1, -0.05) is 5.21 Å². The molecule has 0 aromatic carbocycles. The Morgan fingerprint density at radius 3 is 2.85 bits per heavy atom. The van der Waals surface area contributed by atoms with Crippen molar-refractivity contribution in [3.05, 3.63) is 22.8 Å². The van der Waals surface area contributed by atoms with Crippen molar-refractivity contribution in [3.8, 4) is 0 Å². The summed E-state index contributed by atoms with van der Waals surface area (Å²) in [6.07, 6.45) is 0. The van der Waals surface area contributed by atoms with Gasteiger partial charge < -0.3 is 10.1 Å². The first-order valence-electron chi connectivity index (χ1n) is 6.08. The quantitative estimate of drug-likeness (QED) is 0.764. The molecule has 1 amide bonds. The third-order valence-corrected chi connectivity index (χ3v) is 3.49. The number of carbonyl (C=O) groups is 1. The van der Waals surface area contributed by atoms with Crippen molar-refractivity contribution in [2.45, 2.75) is 20.4 Å². The highest BCUT2D eigenvalue weighted by atomic mass is 32.1. The summed E-state index contributed by atoms with van der Waals surface area (Å²) < 4.78 is 14.8. The van der Waals surface area contributed by atoms with E-state index >= 15 is 0 Å². The van der Waals surface area contributed by atoms with Crippen LogP contribution < -0.4 is 5.32 Å². The summed E-state index contributed by atoms with van der Waals surface area (Å²) in [6, 6.07) is 0. The number of ether oxygens (including phenoxy) is 1. The van der Waals surface area contributed by atoms with Crippen molar-refractivity contribution in [2.75, 3.05) is 20.3 Å². The van der Waals surface area contributed by atoms with E-state index in [4.69, 9.17) is 4.74 Å². The zero-order valence-corrected chi connectivity index (χ0v) is 12.4. The van der Waals surface area contributed by atoms with Crippen molar-refractivity contribution in [2.24, 2.45) is 0 Å². The van der Waals surface area contributed by atoms with Crippen molar-refractivity contribution >= 4 is 17.6 Å². The van der Waals surface area contributed by atoms with Gasteiger partial charge in [0.05, 0.1) is 42.0 Å². The topological polar surface area (TPSA) is 94.8 Å². The first-order chi connectivity index (χ1) is 9.63. The molecule has 0 atom stereocenters. The first-order valence-corrected chi connectivity index (χ1v) is 6.81. The predicted molar refractivity (Wildman–Crippen MR) is 72.7 cm³/mol. The molecule has 0 unspecified atom stereocenters. The Bertz CT molecular complexity index is 594. The second kappa shape index (κ2) is 6.53. The van der Waals surface area contributed by atoms with Crippen molar-refractivity contribution < 1.29 is 9.53 Å². The Balaban J connectivity index is 2.07. The number of rotatable bonds is 6. The third kappa shape index (κ3) is 3.17. The van der Waals surface area contributed by atoms with E-state index in [0.29, 0.717) is 31.1 Å². The van der Waals surface area contributed by atoms with E-state index in [0.717, 1.165) is 23.1 Å². The van der Waals surface area contributed by atoms with Gasteiger partial charge in [0.2, 0.25) is 0 Å². The van der Waals surface area contributed by atoms with E-state index in [9.17, 15) is 4.79 Å². The lowest BCUT2D eigenvalue weighted by Gasteiger charge is -2.03. The molecule has 0 aliphatic rings. The van der Waals surface area contributed by atoms with Crippen LogP contribution in [0.2, 0.25) is 0 Å². The fraction of sp³-hybridized carbons (Fsp3) is 0.545. The van der Waals surface area contributed by atoms with Crippen LogP contribution in [0.15, 0.2) is 0 Å². The van der Waals surface area contributed by atoms with Gasteiger partial charge in [-0.25, -0.2) is 4.68 Å². The summed E-state index contributed by atoms with van der Waals surface area (Å²) in [4.78, 5) is 11.9. The second-order valence-corrected chi connectivity index (χ2v) is 4.75. The Morgan fingerprint density at radius 1 is 1.40 bits per heavy atom. The molecule has 0 radical (unpaired) electrons. The van der Waals surface area contributed by atoms with Gasteiger partial charge >= 0.3 is 0 Å². The summed E-state index contributed by atoms with van der Waals surface area (Å²) in [7, 11) is 1.58. The van der Waals surface area contributed by atoms with Gasteiger partial charge in [-0.2, -0.15) is 8.75 Å². The summed E-state index contributed by atoms with van der Waals surface area (Å²) in [5, 5.41) is 10.6. The fourth-order valence-electron chi connectivity index (χ4n) is 1.61. The minimum absolute atomic E-state index is 0.251. The second-order valence-electron chi connectivity index (χ2n) is 4.23. The Kier molecular flexibility index (Phi) is 4.74. The Hall–Kier alpha value is -1.87. The zero-order valence-electron chi connectivity index (χ0n) is 11.6. The molecule has 2 aromatic rings. The van der Waals surface area contributed by atoms with Gasteiger partial charge in [0, 0.05) is 13.7 Å². The van der Waals surface area contributed by atoms with Crippen LogP contribution in [-0.2, 0) is 11.3 Å². The van der Waals surface area contributed by atoms with E-state index in [-0.39, 0.29) is 5.91 Å². The van der Waals surface area contributed by atoms with Crippen LogP contribution >= 0.6 is 11.7 Å². The summed E-state index contributed by atoms with van der Waals surface area (Å²) in [5.74, 6) is -0.251. The number of hydrogen-bond donors (Lipinski definition) is 1. The van der Waals surface area contributed by atoms with Gasteiger partial charge in [-0.15, -0.1) is 5.10 Å². The molecule has 0 aliphatic heterocycles. The van der Waals surface area contributed by atoms with Crippen molar-refractivity contribution in [1.82, 2.24) is 29.1 Å². The minimum Gasteiger partial charge on any atom is -0.383 e. The maximum Gasteiger partial charge on any atom is 0.273 e. The highest BCUT2D eigenvalue weighted by Gasteiger charge is 2.17. The molecule has 0 aliphatic carbocycles. The van der Waals surface area contributed by atoms with Gasteiger partial charge in [0.1, 0.15) is 0 Å². The molecule has 0 bridgehead atoms. The average Bonchev–Trinajstić information content (AvgIpc) is 2.98. The monoisotopic (exact) mass is 296 g/mol. The standard InChI is InChI=1S/C11H16N6O2S/c1-7-9(15-20-14-7)6-17-8(2)10(13-16-17)11(18)12-4-5-19-3/h4-6H2,1-3H3,(H,12,18). The van der Waals surface area contributed by atoms with Crippen LogP contribution in [0.5, 0.6) is 0 Å². The highest BCUT2D eigenvalue weighted by Crippen LogP contribution is 2.09.